The van der Waals surface area contributed by atoms with Crippen molar-refractivity contribution >= 4 is 10.0 Å². The summed E-state index contributed by atoms with van der Waals surface area (Å²) < 4.78 is 67.1. The highest BCUT2D eigenvalue weighted by Crippen LogP contribution is 2.38. The number of hydrogen-bond donors (Lipinski definition) is 1. The van der Waals surface area contributed by atoms with E-state index in [-0.39, 0.29) is 11.5 Å². The van der Waals surface area contributed by atoms with Gasteiger partial charge < -0.3 is 0 Å². The van der Waals surface area contributed by atoms with Gasteiger partial charge >= 0.3 is 6.18 Å². The number of rotatable bonds is 3. The highest BCUT2D eigenvalue weighted by atomic mass is 32.2. The minimum atomic E-state index is -4.74. The summed E-state index contributed by atoms with van der Waals surface area (Å²) in [7, 11) is -4.27. The van der Waals surface area contributed by atoms with Gasteiger partial charge in [-0.05, 0) is 50.8 Å². The Balaban J connectivity index is 3.67. The largest absolute Gasteiger partial charge is 0.417 e. The van der Waals surface area contributed by atoms with Gasteiger partial charge in [0.25, 0.3) is 0 Å². The van der Waals surface area contributed by atoms with E-state index in [2.05, 4.69) is 4.72 Å². The molecule has 126 valence electrons. The van der Waals surface area contributed by atoms with E-state index < -0.39 is 32.2 Å². The van der Waals surface area contributed by atoms with Crippen molar-refractivity contribution in [3.8, 4) is 0 Å². The Morgan fingerprint density at radius 1 is 1.09 bits per heavy atom. The Morgan fingerprint density at radius 2 is 1.59 bits per heavy atom. The molecule has 0 radical (unpaired) electrons. The summed E-state index contributed by atoms with van der Waals surface area (Å²) in [6.07, 6.45) is -4.74. The van der Waals surface area contributed by atoms with E-state index in [1.807, 2.05) is 0 Å². The molecular formula is C15H22F3NO2S. The molecule has 0 atom stereocenters. The van der Waals surface area contributed by atoms with Crippen molar-refractivity contribution in [2.45, 2.75) is 64.1 Å². The van der Waals surface area contributed by atoms with Gasteiger partial charge in [-0.25, -0.2) is 13.1 Å². The minimum absolute atomic E-state index is 0.0928. The molecule has 7 heteroatoms. The van der Waals surface area contributed by atoms with Gasteiger partial charge in [0.05, 0.1) is 10.5 Å². The predicted molar refractivity (Wildman–Crippen MR) is 80.3 cm³/mol. The number of halogens is 3. The van der Waals surface area contributed by atoms with Crippen LogP contribution in [0.1, 0.15) is 57.2 Å². The van der Waals surface area contributed by atoms with Gasteiger partial charge in [-0.3, -0.25) is 0 Å². The third kappa shape index (κ3) is 4.46. The lowest BCUT2D eigenvalue weighted by molar-refractivity contribution is -0.140. The van der Waals surface area contributed by atoms with E-state index in [9.17, 15) is 21.6 Å². The third-order valence-corrected chi connectivity index (χ3v) is 4.94. The van der Waals surface area contributed by atoms with Gasteiger partial charge in [0.2, 0.25) is 10.0 Å². The van der Waals surface area contributed by atoms with Crippen LogP contribution in [0.5, 0.6) is 0 Å². The standard InChI is InChI=1S/C15H22F3NO2S/c1-9(2)11-7-10(3)13(12(8-11)15(16,17)18)22(20,21)19-14(4,5)6/h7-9,19H,1-6H3. The van der Waals surface area contributed by atoms with Gasteiger partial charge in [-0.15, -0.1) is 0 Å². The first kappa shape index (κ1) is 19.0. The summed E-state index contributed by atoms with van der Waals surface area (Å²) in [4.78, 5) is -0.695. The van der Waals surface area contributed by atoms with Crippen LogP contribution in [0.3, 0.4) is 0 Å². The maximum absolute atomic E-state index is 13.3. The van der Waals surface area contributed by atoms with Crippen molar-refractivity contribution in [2.24, 2.45) is 0 Å². The average Bonchev–Trinajstić information content (AvgIpc) is 2.22. The molecule has 1 aromatic carbocycles. The summed E-state index contributed by atoms with van der Waals surface area (Å²) in [6.45, 7) is 9.65. The van der Waals surface area contributed by atoms with Crippen LogP contribution >= 0.6 is 0 Å². The van der Waals surface area contributed by atoms with Crippen molar-refractivity contribution in [3.05, 3.63) is 28.8 Å². The number of alkyl halides is 3. The molecule has 0 saturated heterocycles. The van der Waals surface area contributed by atoms with Crippen LogP contribution in [0.25, 0.3) is 0 Å². The monoisotopic (exact) mass is 337 g/mol. The quantitative estimate of drug-likeness (QED) is 0.898. The van der Waals surface area contributed by atoms with E-state index in [1.165, 1.54) is 13.0 Å². The van der Waals surface area contributed by atoms with Gasteiger partial charge in [0, 0.05) is 5.54 Å². The first-order valence-corrected chi connectivity index (χ1v) is 8.39. The highest BCUT2D eigenvalue weighted by Gasteiger charge is 2.39. The molecule has 0 aliphatic carbocycles. The van der Waals surface area contributed by atoms with Gasteiger partial charge in [0.1, 0.15) is 0 Å². The Morgan fingerprint density at radius 3 is 1.95 bits per heavy atom. The lowest BCUT2D eigenvalue weighted by Gasteiger charge is -2.24. The van der Waals surface area contributed by atoms with Gasteiger partial charge in [-0.2, -0.15) is 13.2 Å². The number of hydrogen-bond acceptors (Lipinski definition) is 2. The van der Waals surface area contributed by atoms with Crippen LogP contribution in [0, 0.1) is 6.92 Å². The maximum atomic E-state index is 13.3. The van der Waals surface area contributed by atoms with Crippen LogP contribution < -0.4 is 4.72 Å². The zero-order valence-electron chi connectivity index (χ0n) is 13.6. The number of aryl methyl sites for hydroxylation is 1. The molecule has 1 rings (SSSR count). The van der Waals surface area contributed by atoms with Crippen molar-refractivity contribution < 1.29 is 21.6 Å². The zero-order valence-corrected chi connectivity index (χ0v) is 14.4. The fourth-order valence-electron chi connectivity index (χ4n) is 2.16. The second kappa shape index (κ2) is 5.85. The van der Waals surface area contributed by atoms with Crippen LogP contribution in [-0.2, 0) is 16.2 Å². The van der Waals surface area contributed by atoms with Gasteiger partial charge in [-0.1, -0.05) is 19.9 Å². The Labute approximate surface area is 130 Å². The third-order valence-electron chi connectivity index (χ3n) is 2.98. The first-order chi connectivity index (χ1) is 9.65. The Hall–Kier alpha value is -1.08. The normalized spacial score (nSPS) is 13.7. The number of benzene rings is 1. The van der Waals surface area contributed by atoms with Crippen molar-refractivity contribution in [1.82, 2.24) is 4.72 Å². The van der Waals surface area contributed by atoms with Crippen LogP contribution in [0.2, 0.25) is 0 Å². The molecule has 1 N–H and O–H groups in total. The summed E-state index contributed by atoms with van der Waals surface area (Å²) in [6, 6.07) is 2.42. The molecule has 0 aromatic heterocycles. The summed E-state index contributed by atoms with van der Waals surface area (Å²) >= 11 is 0. The minimum Gasteiger partial charge on any atom is -0.207 e. The lowest BCUT2D eigenvalue weighted by atomic mass is 9.98. The summed E-state index contributed by atoms with van der Waals surface area (Å²) in [5, 5.41) is 0. The maximum Gasteiger partial charge on any atom is 0.417 e. The predicted octanol–water partition coefficient (Wildman–Crippen LogP) is 4.21. The van der Waals surface area contributed by atoms with E-state index in [0.717, 1.165) is 6.07 Å². The average molecular weight is 337 g/mol. The second-order valence-electron chi connectivity index (χ2n) is 6.72. The summed E-state index contributed by atoms with van der Waals surface area (Å²) in [5.74, 6) is -0.132. The topological polar surface area (TPSA) is 46.2 Å². The molecule has 3 nitrogen and oxygen atoms in total. The van der Waals surface area contributed by atoms with E-state index in [0.29, 0.717) is 5.56 Å². The molecular weight excluding hydrogens is 315 g/mol. The van der Waals surface area contributed by atoms with Crippen LogP contribution in [0.15, 0.2) is 17.0 Å². The van der Waals surface area contributed by atoms with Crippen LogP contribution in [0.4, 0.5) is 13.2 Å². The van der Waals surface area contributed by atoms with Crippen molar-refractivity contribution in [1.29, 1.82) is 0 Å². The molecule has 0 amide bonds. The zero-order chi connectivity index (χ0) is 17.5. The molecule has 1 aromatic rings. The molecule has 0 fully saturated rings. The Bertz CT molecular complexity index is 657. The SMILES string of the molecule is Cc1cc(C(C)C)cc(C(F)(F)F)c1S(=O)(=O)NC(C)(C)C. The molecule has 0 heterocycles. The van der Waals surface area contributed by atoms with Crippen molar-refractivity contribution in [3.63, 3.8) is 0 Å². The molecule has 0 spiro atoms. The van der Waals surface area contributed by atoms with E-state index in [4.69, 9.17) is 0 Å². The van der Waals surface area contributed by atoms with E-state index in [1.54, 1.807) is 34.6 Å². The molecule has 22 heavy (non-hydrogen) atoms. The first-order valence-electron chi connectivity index (χ1n) is 6.91. The molecule has 0 saturated carbocycles. The Kier molecular flexibility index (Phi) is 5.04. The van der Waals surface area contributed by atoms with Crippen LogP contribution in [-0.4, -0.2) is 14.0 Å². The fourth-order valence-corrected chi connectivity index (χ4v) is 4.01. The molecule has 0 bridgehead atoms. The highest BCUT2D eigenvalue weighted by molar-refractivity contribution is 7.89. The number of sulfonamides is 1. The summed E-state index contributed by atoms with van der Waals surface area (Å²) in [5.41, 5.74) is -1.44. The smallest absolute Gasteiger partial charge is 0.207 e. The molecule has 0 aliphatic heterocycles. The van der Waals surface area contributed by atoms with E-state index >= 15 is 0 Å². The lowest BCUT2D eigenvalue weighted by Crippen LogP contribution is -2.41. The number of nitrogens with one attached hydrogen (secondary N) is 1. The van der Waals surface area contributed by atoms with Gasteiger partial charge in [0.15, 0.2) is 0 Å². The second-order valence-corrected chi connectivity index (χ2v) is 8.34. The van der Waals surface area contributed by atoms with Crippen molar-refractivity contribution in [2.75, 3.05) is 0 Å². The molecule has 0 aliphatic rings. The fraction of sp³-hybridized carbons (Fsp3) is 0.600. The molecule has 0 unspecified atom stereocenters.